The van der Waals surface area contributed by atoms with Crippen molar-refractivity contribution in [2.75, 3.05) is 13.1 Å². The van der Waals surface area contributed by atoms with Crippen molar-refractivity contribution in [2.45, 2.75) is 18.9 Å². The highest BCUT2D eigenvalue weighted by Crippen LogP contribution is 2.30. The summed E-state index contributed by atoms with van der Waals surface area (Å²) in [6.07, 6.45) is 1.28. The maximum absolute atomic E-state index is 13.1. The molecule has 5 heteroatoms. The Balaban J connectivity index is 1.57. The predicted octanol–water partition coefficient (Wildman–Crippen LogP) is 2.33. The second-order valence-electron chi connectivity index (χ2n) is 6.86. The second-order valence-corrected chi connectivity index (χ2v) is 6.86. The first-order valence-electron chi connectivity index (χ1n) is 8.64. The lowest BCUT2D eigenvalue weighted by molar-refractivity contribution is -0.128. The van der Waals surface area contributed by atoms with E-state index in [0.717, 1.165) is 17.2 Å². The monoisotopic (exact) mass is 333 g/mol. The Hall–Kier alpha value is -2.87. The van der Waals surface area contributed by atoms with Crippen molar-refractivity contribution in [1.82, 2.24) is 10.2 Å². The highest BCUT2D eigenvalue weighted by molar-refractivity contribution is 6.07. The van der Waals surface area contributed by atoms with Crippen LogP contribution in [0.1, 0.15) is 23.2 Å². The van der Waals surface area contributed by atoms with Gasteiger partial charge in [-0.15, -0.1) is 0 Å². The Labute approximate surface area is 146 Å². The van der Waals surface area contributed by atoms with Crippen LogP contribution in [-0.2, 0) is 4.79 Å². The fourth-order valence-corrected chi connectivity index (χ4v) is 4.03. The van der Waals surface area contributed by atoms with E-state index >= 15 is 0 Å². The molecule has 4 rings (SSSR count). The van der Waals surface area contributed by atoms with Crippen LogP contribution in [0.4, 0.5) is 0 Å². The molecule has 2 fully saturated rings. The standard InChI is InChI=1S/C20H19N3O2/c21-11-14-10-15-12-23(9-8-18(15)22-19(14)24)20(25)17-7-3-5-13-4-1-2-6-16(13)17/h1-7,14-15,18H,8-10,12H2,(H,22,24). The third-order valence-corrected chi connectivity index (χ3v) is 5.38. The molecule has 0 spiro atoms. The number of nitrogens with one attached hydrogen (secondary N) is 1. The number of carbonyl (C=O) groups excluding carboxylic acids is 2. The second kappa shape index (κ2) is 6.21. The molecule has 0 bridgehead atoms. The molecule has 25 heavy (non-hydrogen) atoms. The van der Waals surface area contributed by atoms with Crippen LogP contribution < -0.4 is 5.32 Å². The molecule has 0 aromatic heterocycles. The molecule has 2 aliphatic heterocycles. The fourth-order valence-electron chi connectivity index (χ4n) is 4.03. The van der Waals surface area contributed by atoms with Crippen molar-refractivity contribution in [1.29, 1.82) is 5.26 Å². The van der Waals surface area contributed by atoms with Crippen molar-refractivity contribution in [2.24, 2.45) is 11.8 Å². The van der Waals surface area contributed by atoms with E-state index < -0.39 is 5.92 Å². The molecule has 0 saturated carbocycles. The topological polar surface area (TPSA) is 73.2 Å². The molecular weight excluding hydrogens is 314 g/mol. The van der Waals surface area contributed by atoms with Crippen LogP contribution in [0.5, 0.6) is 0 Å². The van der Waals surface area contributed by atoms with Gasteiger partial charge in [0.05, 0.1) is 6.07 Å². The number of carbonyl (C=O) groups is 2. The van der Waals surface area contributed by atoms with Crippen molar-refractivity contribution in [3.8, 4) is 6.07 Å². The summed E-state index contributed by atoms with van der Waals surface area (Å²) in [4.78, 5) is 26.8. The molecule has 1 N–H and O–H groups in total. The Morgan fingerprint density at radius 1 is 1.20 bits per heavy atom. The highest BCUT2D eigenvalue weighted by atomic mass is 16.2. The lowest BCUT2D eigenvalue weighted by atomic mass is 9.80. The van der Waals surface area contributed by atoms with E-state index in [9.17, 15) is 9.59 Å². The van der Waals surface area contributed by atoms with Crippen LogP contribution in [0.2, 0.25) is 0 Å². The third kappa shape index (κ3) is 2.74. The summed E-state index contributed by atoms with van der Waals surface area (Å²) in [5, 5.41) is 14.1. The molecule has 2 aromatic carbocycles. The largest absolute Gasteiger partial charge is 0.352 e. The number of benzene rings is 2. The lowest BCUT2D eigenvalue weighted by Crippen LogP contribution is -2.57. The molecule has 2 heterocycles. The van der Waals surface area contributed by atoms with Gasteiger partial charge in [0.2, 0.25) is 5.91 Å². The Kier molecular flexibility index (Phi) is 3.89. The molecule has 2 aliphatic rings. The molecule has 2 saturated heterocycles. The molecular formula is C20H19N3O2. The zero-order valence-corrected chi connectivity index (χ0v) is 13.8. The normalized spacial score (nSPS) is 25.8. The van der Waals surface area contributed by atoms with Crippen LogP contribution in [0.25, 0.3) is 10.8 Å². The zero-order chi connectivity index (χ0) is 17.4. The average molecular weight is 333 g/mol. The number of piperidine rings is 2. The maximum atomic E-state index is 13.1. The summed E-state index contributed by atoms with van der Waals surface area (Å²) < 4.78 is 0. The van der Waals surface area contributed by atoms with E-state index in [-0.39, 0.29) is 23.8 Å². The average Bonchev–Trinajstić information content (AvgIpc) is 2.66. The van der Waals surface area contributed by atoms with Gasteiger partial charge in [-0.05, 0) is 35.6 Å². The lowest BCUT2D eigenvalue weighted by Gasteiger charge is -2.42. The first kappa shape index (κ1) is 15.6. The molecule has 2 amide bonds. The van der Waals surface area contributed by atoms with E-state index in [2.05, 4.69) is 11.4 Å². The van der Waals surface area contributed by atoms with Gasteiger partial charge in [-0.1, -0.05) is 36.4 Å². The van der Waals surface area contributed by atoms with Gasteiger partial charge < -0.3 is 10.2 Å². The minimum Gasteiger partial charge on any atom is -0.352 e. The Bertz CT molecular complexity index is 881. The quantitative estimate of drug-likeness (QED) is 0.870. The van der Waals surface area contributed by atoms with Gasteiger partial charge in [0, 0.05) is 24.7 Å². The minimum absolute atomic E-state index is 0.0284. The van der Waals surface area contributed by atoms with Crippen LogP contribution in [-0.4, -0.2) is 35.8 Å². The predicted molar refractivity (Wildman–Crippen MR) is 93.6 cm³/mol. The van der Waals surface area contributed by atoms with Gasteiger partial charge in [0.25, 0.3) is 5.91 Å². The number of amides is 2. The summed E-state index contributed by atoms with van der Waals surface area (Å²) in [6, 6.07) is 15.8. The zero-order valence-electron chi connectivity index (χ0n) is 13.8. The molecule has 2 aromatic rings. The number of fused-ring (bicyclic) bond motifs is 2. The van der Waals surface area contributed by atoms with Crippen molar-refractivity contribution in [3.63, 3.8) is 0 Å². The van der Waals surface area contributed by atoms with E-state index in [1.165, 1.54) is 0 Å². The molecule has 0 aliphatic carbocycles. The minimum atomic E-state index is -0.603. The number of nitrogens with zero attached hydrogens (tertiary/aromatic N) is 2. The van der Waals surface area contributed by atoms with Crippen LogP contribution >= 0.6 is 0 Å². The first-order chi connectivity index (χ1) is 12.2. The summed E-state index contributed by atoms with van der Waals surface area (Å²) >= 11 is 0. The Morgan fingerprint density at radius 2 is 2.00 bits per heavy atom. The molecule has 3 atom stereocenters. The van der Waals surface area contributed by atoms with Gasteiger partial charge in [0.15, 0.2) is 0 Å². The van der Waals surface area contributed by atoms with E-state index in [1.807, 2.05) is 47.4 Å². The van der Waals surface area contributed by atoms with E-state index in [4.69, 9.17) is 5.26 Å². The molecule has 3 unspecified atom stereocenters. The molecule has 0 radical (unpaired) electrons. The van der Waals surface area contributed by atoms with Gasteiger partial charge >= 0.3 is 0 Å². The number of hydrogen-bond acceptors (Lipinski definition) is 3. The summed E-state index contributed by atoms with van der Waals surface area (Å²) in [5.41, 5.74) is 0.716. The van der Waals surface area contributed by atoms with Gasteiger partial charge in [-0.2, -0.15) is 5.26 Å². The summed E-state index contributed by atoms with van der Waals surface area (Å²) in [5.74, 6) is -0.595. The summed E-state index contributed by atoms with van der Waals surface area (Å²) in [7, 11) is 0. The SMILES string of the molecule is N#CC1CC2CN(C(=O)c3cccc4ccccc34)CCC2NC1=O. The van der Waals surface area contributed by atoms with Crippen LogP contribution in [0, 0.1) is 23.2 Å². The van der Waals surface area contributed by atoms with Crippen molar-refractivity contribution < 1.29 is 9.59 Å². The summed E-state index contributed by atoms with van der Waals surface area (Å²) in [6.45, 7) is 1.21. The highest BCUT2D eigenvalue weighted by Gasteiger charge is 2.40. The number of likely N-dealkylation sites (tertiary alicyclic amines) is 1. The van der Waals surface area contributed by atoms with Gasteiger partial charge in [0.1, 0.15) is 5.92 Å². The van der Waals surface area contributed by atoms with Crippen LogP contribution in [0.3, 0.4) is 0 Å². The first-order valence-corrected chi connectivity index (χ1v) is 8.64. The van der Waals surface area contributed by atoms with E-state index in [0.29, 0.717) is 25.1 Å². The third-order valence-electron chi connectivity index (χ3n) is 5.38. The molecule has 126 valence electrons. The number of nitriles is 1. The molecule has 5 nitrogen and oxygen atoms in total. The van der Waals surface area contributed by atoms with Crippen molar-refractivity contribution in [3.05, 3.63) is 48.0 Å². The van der Waals surface area contributed by atoms with E-state index in [1.54, 1.807) is 0 Å². The van der Waals surface area contributed by atoms with Gasteiger partial charge in [-0.25, -0.2) is 0 Å². The smallest absolute Gasteiger partial charge is 0.254 e. The van der Waals surface area contributed by atoms with Crippen LogP contribution in [0.15, 0.2) is 42.5 Å². The Morgan fingerprint density at radius 3 is 2.84 bits per heavy atom. The van der Waals surface area contributed by atoms with Gasteiger partial charge in [-0.3, -0.25) is 9.59 Å². The van der Waals surface area contributed by atoms with Crippen molar-refractivity contribution >= 4 is 22.6 Å². The maximum Gasteiger partial charge on any atom is 0.254 e. The fraction of sp³-hybridized carbons (Fsp3) is 0.350. The number of rotatable bonds is 1. The number of hydrogen-bond donors (Lipinski definition) is 1.